The smallest absolute Gasteiger partial charge is 0.339 e. The molecule has 0 saturated heterocycles. The van der Waals surface area contributed by atoms with Crippen LogP contribution < -0.4 is 5.32 Å². The Morgan fingerprint density at radius 1 is 1.04 bits per heavy atom. The predicted molar refractivity (Wildman–Crippen MR) is 75.2 cm³/mol. The highest BCUT2D eigenvalue weighted by molar-refractivity contribution is 7.90. The van der Waals surface area contributed by atoms with Crippen LogP contribution in [0.1, 0.15) is 11.1 Å². The zero-order valence-electron chi connectivity index (χ0n) is 11.2. The maximum absolute atomic E-state index is 13.3. The quantitative estimate of drug-likeness (QED) is 0.807. The molecule has 0 saturated carbocycles. The molecule has 0 bridgehead atoms. The van der Waals surface area contributed by atoms with Gasteiger partial charge in [-0.15, -0.1) is 4.40 Å². The van der Waals surface area contributed by atoms with Crippen LogP contribution in [0.2, 0.25) is 0 Å². The molecule has 1 aliphatic heterocycles. The normalized spacial score (nSPS) is 15.9. The Hall–Kier alpha value is -2.42. The minimum atomic E-state index is -4.86. The molecule has 1 aliphatic rings. The van der Waals surface area contributed by atoms with Crippen LogP contribution in [-0.4, -0.2) is 14.3 Å². The number of rotatable bonds is 1. The number of alkyl halides is 3. The summed E-state index contributed by atoms with van der Waals surface area (Å²) in [5, 5.41) is 2.50. The van der Waals surface area contributed by atoms with E-state index in [1.165, 1.54) is 18.2 Å². The van der Waals surface area contributed by atoms with Crippen molar-refractivity contribution in [3.8, 4) is 0 Å². The molecule has 120 valence electrons. The molecule has 0 unspecified atom stereocenters. The van der Waals surface area contributed by atoms with Crippen molar-refractivity contribution in [1.29, 1.82) is 0 Å². The first-order valence-corrected chi connectivity index (χ1v) is 7.71. The first-order valence-electron chi connectivity index (χ1n) is 6.26. The van der Waals surface area contributed by atoms with Crippen LogP contribution in [0.3, 0.4) is 0 Å². The van der Waals surface area contributed by atoms with Crippen molar-refractivity contribution in [2.24, 2.45) is 4.40 Å². The first-order chi connectivity index (χ1) is 10.7. The van der Waals surface area contributed by atoms with Crippen molar-refractivity contribution in [3.05, 3.63) is 59.4 Å². The van der Waals surface area contributed by atoms with Crippen molar-refractivity contribution < 1.29 is 26.0 Å². The molecule has 1 N–H and O–H groups in total. The third kappa shape index (κ3) is 2.79. The Kier molecular flexibility index (Phi) is 3.40. The zero-order valence-corrected chi connectivity index (χ0v) is 12.0. The number of nitrogens with zero attached hydrogens (tertiary/aromatic N) is 1. The Morgan fingerprint density at radius 3 is 2.43 bits per heavy atom. The van der Waals surface area contributed by atoms with Gasteiger partial charge in [0.25, 0.3) is 10.0 Å². The van der Waals surface area contributed by atoms with Crippen LogP contribution >= 0.6 is 0 Å². The summed E-state index contributed by atoms with van der Waals surface area (Å²) in [6, 6.07) is 8.18. The summed E-state index contributed by atoms with van der Waals surface area (Å²) >= 11 is 0. The van der Waals surface area contributed by atoms with Crippen molar-refractivity contribution in [2.45, 2.75) is 11.1 Å². The van der Waals surface area contributed by atoms with Gasteiger partial charge in [0.1, 0.15) is 10.7 Å². The van der Waals surface area contributed by atoms with Gasteiger partial charge in [-0.2, -0.15) is 21.6 Å². The van der Waals surface area contributed by atoms with Crippen molar-refractivity contribution >= 4 is 21.5 Å². The van der Waals surface area contributed by atoms with E-state index in [4.69, 9.17) is 0 Å². The average Bonchev–Trinajstić information content (AvgIpc) is 2.72. The summed E-state index contributed by atoms with van der Waals surface area (Å²) in [5.41, 5.74) is -1.33. The highest BCUT2D eigenvalue weighted by Gasteiger charge is 2.35. The lowest BCUT2D eigenvalue weighted by molar-refractivity contribution is -0.139. The predicted octanol–water partition coefficient (Wildman–Crippen LogP) is 3.41. The molecule has 2 aromatic rings. The van der Waals surface area contributed by atoms with Crippen LogP contribution in [-0.2, 0) is 16.2 Å². The summed E-state index contributed by atoms with van der Waals surface area (Å²) in [6.07, 6.45) is -4.86. The maximum Gasteiger partial charge on any atom is 0.419 e. The van der Waals surface area contributed by atoms with Crippen LogP contribution in [0.25, 0.3) is 0 Å². The van der Waals surface area contributed by atoms with Gasteiger partial charge in [-0.3, -0.25) is 0 Å². The molecule has 23 heavy (non-hydrogen) atoms. The third-order valence-corrected chi connectivity index (χ3v) is 4.50. The minimum Gasteiger partial charge on any atom is -0.339 e. The Morgan fingerprint density at radius 2 is 1.74 bits per heavy atom. The lowest BCUT2D eigenvalue weighted by Crippen LogP contribution is -2.14. The van der Waals surface area contributed by atoms with Gasteiger partial charge in [0.15, 0.2) is 5.84 Å². The van der Waals surface area contributed by atoms with E-state index in [9.17, 15) is 26.0 Å². The van der Waals surface area contributed by atoms with Crippen molar-refractivity contribution in [1.82, 2.24) is 0 Å². The van der Waals surface area contributed by atoms with Gasteiger partial charge in [0.05, 0.1) is 5.56 Å². The summed E-state index contributed by atoms with van der Waals surface area (Å²) in [7, 11) is -3.89. The lowest BCUT2D eigenvalue weighted by atomic mass is 10.1. The number of hydrogen-bond donors (Lipinski definition) is 1. The van der Waals surface area contributed by atoms with E-state index in [2.05, 4.69) is 9.71 Å². The largest absolute Gasteiger partial charge is 0.419 e. The minimum absolute atomic E-state index is 0.0411. The molecule has 2 aromatic carbocycles. The van der Waals surface area contributed by atoms with E-state index in [-0.39, 0.29) is 22.0 Å². The van der Waals surface area contributed by atoms with Crippen molar-refractivity contribution in [3.63, 3.8) is 0 Å². The van der Waals surface area contributed by atoms with Gasteiger partial charge in [0.2, 0.25) is 0 Å². The highest BCUT2D eigenvalue weighted by atomic mass is 32.2. The van der Waals surface area contributed by atoms with Gasteiger partial charge < -0.3 is 5.32 Å². The summed E-state index contributed by atoms with van der Waals surface area (Å²) < 4.78 is 78.6. The van der Waals surface area contributed by atoms with E-state index in [0.29, 0.717) is 12.1 Å². The summed E-state index contributed by atoms with van der Waals surface area (Å²) in [6.45, 7) is 0. The molecule has 0 aromatic heterocycles. The molecule has 0 aliphatic carbocycles. The standard InChI is InChI=1S/C14H8F4N2O2S/c15-11-6-5-8(7-10(11)14(16,17)18)19-13-9-3-1-2-4-12(9)23(21,22)20-13/h1-7H,(H,19,20). The third-order valence-electron chi connectivity index (χ3n) is 3.17. The van der Waals surface area contributed by atoms with Crippen molar-refractivity contribution in [2.75, 3.05) is 5.32 Å². The zero-order chi connectivity index (χ0) is 16.8. The SMILES string of the molecule is O=S1(=O)N=C(Nc2ccc(F)c(C(F)(F)F)c2)c2ccccc21. The molecule has 9 heteroatoms. The summed E-state index contributed by atoms with van der Waals surface area (Å²) in [5.74, 6) is -1.52. The molecule has 0 atom stereocenters. The van der Waals surface area contributed by atoms with E-state index >= 15 is 0 Å². The number of hydrogen-bond acceptors (Lipinski definition) is 3. The second-order valence-electron chi connectivity index (χ2n) is 4.73. The molecule has 4 nitrogen and oxygen atoms in total. The molecule has 0 fully saturated rings. The van der Waals surface area contributed by atoms with E-state index in [1.807, 2.05) is 0 Å². The molecule has 0 spiro atoms. The van der Waals surface area contributed by atoms with Gasteiger partial charge >= 0.3 is 6.18 Å². The monoisotopic (exact) mass is 344 g/mol. The second kappa shape index (κ2) is 5.05. The first kappa shape index (κ1) is 15.5. The molecular formula is C14H8F4N2O2S. The second-order valence-corrected chi connectivity index (χ2v) is 6.30. The van der Waals surface area contributed by atoms with E-state index in [0.717, 1.165) is 6.07 Å². The summed E-state index contributed by atoms with van der Waals surface area (Å²) in [4.78, 5) is -0.0411. The number of amidine groups is 1. The fourth-order valence-electron chi connectivity index (χ4n) is 2.15. The molecule has 3 rings (SSSR count). The van der Waals surface area contributed by atoms with Gasteiger partial charge in [-0.1, -0.05) is 12.1 Å². The lowest BCUT2D eigenvalue weighted by Gasteiger charge is -2.11. The van der Waals surface area contributed by atoms with Crippen LogP contribution in [0.15, 0.2) is 51.8 Å². The van der Waals surface area contributed by atoms with Crippen LogP contribution in [0.4, 0.5) is 23.2 Å². The Labute approximate surface area is 128 Å². The molecular weight excluding hydrogens is 336 g/mol. The number of fused-ring (bicyclic) bond motifs is 1. The fourth-order valence-corrected chi connectivity index (χ4v) is 3.33. The average molecular weight is 344 g/mol. The Bertz CT molecular complexity index is 921. The van der Waals surface area contributed by atoms with E-state index in [1.54, 1.807) is 6.07 Å². The van der Waals surface area contributed by atoms with Crippen LogP contribution in [0, 0.1) is 5.82 Å². The topological polar surface area (TPSA) is 58.5 Å². The number of anilines is 1. The fraction of sp³-hybridized carbons (Fsp3) is 0.0714. The van der Waals surface area contributed by atoms with Gasteiger partial charge in [0, 0.05) is 11.3 Å². The Balaban J connectivity index is 2.02. The van der Waals surface area contributed by atoms with Gasteiger partial charge in [-0.25, -0.2) is 4.39 Å². The maximum atomic E-state index is 13.3. The number of halogens is 4. The highest BCUT2D eigenvalue weighted by Crippen LogP contribution is 2.33. The molecule has 0 amide bonds. The number of benzene rings is 2. The van der Waals surface area contributed by atoms with Gasteiger partial charge in [-0.05, 0) is 30.3 Å². The number of sulfonamides is 1. The molecule has 0 radical (unpaired) electrons. The van der Waals surface area contributed by atoms with Crippen LogP contribution in [0.5, 0.6) is 0 Å². The van der Waals surface area contributed by atoms with E-state index < -0.39 is 27.6 Å². The molecule has 1 heterocycles. The number of nitrogens with one attached hydrogen (secondary N) is 1.